The van der Waals surface area contributed by atoms with E-state index < -0.39 is 70.3 Å². The van der Waals surface area contributed by atoms with Crippen molar-refractivity contribution in [2.45, 2.75) is 44.0 Å². The van der Waals surface area contributed by atoms with Crippen molar-refractivity contribution < 1.29 is 57.9 Å². The van der Waals surface area contributed by atoms with Gasteiger partial charge in [-0.05, 0) is 62.1 Å². The monoisotopic (exact) mass is 638 g/mol. The maximum Gasteiger partial charge on any atom is 0.435 e. The maximum absolute atomic E-state index is 15.7. The van der Waals surface area contributed by atoms with Crippen LogP contribution in [0.5, 0.6) is 0 Å². The van der Waals surface area contributed by atoms with Crippen molar-refractivity contribution in [3.05, 3.63) is 94.3 Å². The van der Waals surface area contributed by atoms with Crippen molar-refractivity contribution in [1.82, 2.24) is 0 Å². The van der Waals surface area contributed by atoms with Gasteiger partial charge < -0.3 is 10.2 Å². The molecule has 2 amide bonds. The number of hydrogen-bond acceptors (Lipinski definition) is 2. The molecule has 4 nitrogen and oxygen atoms in total. The summed E-state index contributed by atoms with van der Waals surface area (Å²) in [6, 6.07) is 8.49. The van der Waals surface area contributed by atoms with Gasteiger partial charge in [-0.3, -0.25) is 9.59 Å². The fourth-order valence-electron chi connectivity index (χ4n) is 4.38. The van der Waals surface area contributed by atoms with E-state index >= 15 is 4.39 Å². The third-order valence-electron chi connectivity index (χ3n) is 6.95. The Hall–Kier alpha value is -4.17. The van der Waals surface area contributed by atoms with Crippen molar-refractivity contribution in [3.8, 4) is 0 Å². The fraction of sp³-hybridized carbons (Fsp3) is 0.310. The molecule has 15 heteroatoms. The summed E-state index contributed by atoms with van der Waals surface area (Å²) in [5.74, 6) is -3.51. The SMILES string of the molecule is Cc1ccc(C(=O)N(CC2CC2)c2cccc(C(=O)Nc3ccc(C(F)(C(F)(F)F)C(F)(F)F)cc3C(F)(F)F)c2F)cc1. The zero-order chi connectivity index (χ0) is 32.8. The molecule has 1 fully saturated rings. The lowest BCUT2D eigenvalue weighted by Gasteiger charge is -2.31. The van der Waals surface area contributed by atoms with Gasteiger partial charge in [-0.25, -0.2) is 8.78 Å². The predicted octanol–water partition coefficient (Wildman–Crippen LogP) is 8.75. The number of alkyl halides is 10. The lowest BCUT2D eigenvalue weighted by molar-refractivity contribution is -0.348. The highest BCUT2D eigenvalue weighted by Gasteiger charge is 2.73. The average Bonchev–Trinajstić information content (AvgIpc) is 3.74. The highest BCUT2D eigenvalue weighted by atomic mass is 19.4. The normalized spacial score (nSPS) is 14.4. The van der Waals surface area contributed by atoms with E-state index in [-0.39, 0.29) is 35.8 Å². The van der Waals surface area contributed by atoms with Gasteiger partial charge in [0.05, 0.1) is 22.5 Å². The molecule has 0 bridgehead atoms. The minimum absolute atomic E-state index is 0.00391. The number of aryl methyl sites for hydroxylation is 1. The van der Waals surface area contributed by atoms with Crippen LogP contribution in [0.4, 0.5) is 59.7 Å². The van der Waals surface area contributed by atoms with Gasteiger partial charge in [0.15, 0.2) is 5.82 Å². The van der Waals surface area contributed by atoms with Gasteiger partial charge in [0.2, 0.25) is 0 Å². The smallest absolute Gasteiger partial charge is 0.321 e. The van der Waals surface area contributed by atoms with Crippen LogP contribution in [0.2, 0.25) is 0 Å². The summed E-state index contributed by atoms with van der Waals surface area (Å²) >= 11 is 0. The third-order valence-corrected chi connectivity index (χ3v) is 6.95. The first kappa shape index (κ1) is 32.7. The van der Waals surface area contributed by atoms with Crippen molar-refractivity contribution in [3.63, 3.8) is 0 Å². The third kappa shape index (κ3) is 6.36. The zero-order valence-electron chi connectivity index (χ0n) is 22.4. The van der Waals surface area contributed by atoms with E-state index in [2.05, 4.69) is 0 Å². The van der Waals surface area contributed by atoms with Crippen molar-refractivity contribution in [2.75, 3.05) is 16.8 Å². The van der Waals surface area contributed by atoms with E-state index in [0.717, 1.165) is 41.5 Å². The first-order valence-electron chi connectivity index (χ1n) is 12.8. The van der Waals surface area contributed by atoms with Crippen LogP contribution in [0.25, 0.3) is 0 Å². The molecule has 1 saturated carbocycles. The van der Waals surface area contributed by atoms with Crippen LogP contribution in [0.3, 0.4) is 0 Å². The summed E-state index contributed by atoms with van der Waals surface area (Å²) < 4.78 is 150. The molecule has 3 aromatic carbocycles. The summed E-state index contributed by atoms with van der Waals surface area (Å²) in [7, 11) is 0. The van der Waals surface area contributed by atoms with E-state index in [0.29, 0.717) is 0 Å². The summed E-state index contributed by atoms with van der Waals surface area (Å²) in [5.41, 5.74) is -12.5. The molecule has 0 aromatic heterocycles. The average molecular weight is 638 g/mol. The van der Waals surface area contributed by atoms with Gasteiger partial charge in [-0.1, -0.05) is 29.8 Å². The van der Waals surface area contributed by atoms with E-state index in [1.807, 2.05) is 0 Å². The number of halogens is 11. The minimum atomic E-state index is -6.69. The highest BCUT2D eigenvalue weighted by molar-refractivity contribution is 6.09. The summed E-state index contributed by atoms with van der Waals surface area (Å²) in [6.45, 7) is 1.83. The molecule has 0 aliphatic heterocycles. The van der Waals surface area contributed by atoms with Gasteiger partial charge in [-0.2, -0.15) is 39.5 Å². The number of carbonyl (C=O) groups excluding carboxylic acids is 2. The number of rotatable bonds is 7. The molecule has 4 rings (SSSR count). The number of nitrogens with zero attached hydrogens (tertiary/aromatic N) is 1. The van der Waals surface area contributed by atoms with E-state index in [1.54, 1.807) is 24.4 Å². The molecule has 0 heterocycles. The molecular formula is C29H21F11N2O2. The molecule has 0 radical (unpaired) electrons. The van der Waals surface area contributed by atoms with Crippen molar-refractivity contribution >= 4 is 23.2 Å². The first-order valence-corrected chi connectivity index (χ1v) is 12.8. The quantitative estimate of drug-likeness (QED) is 0.263. The summed E-state index contributed by atoms with van der Waals surface area (Å²) in [4.78, 5) is 27.3. The molecule has 236 valence electrons. The standard InChI is InChI=1S/C29H21F11N2O2/c1-15-5-9-17(10-6-15)25(44)42(14-16-7-8-16)22-4-2-3-19(23(22)30)24(43)41-21-12-11-18(13-20(21)27(32,33)34)26(31,28(35,36)37)29(38,39)40/h2-6,9-13,16H,7-8,14H2,1H3,(H,41,43). The van der Waals surface area contributed by atoms with Crippen molar-refractivity contribution in [2.24, 2.45) is 5.92 Å². The molecule has 1 N–H and O–H groups in total. The van der Waals surface area contributed by atoms with Gasteiger partial charge in [-0.15, -0.1) is 0 Å². The lowest BCUT2D eigenvalue weighted by atomic mass is 9.92. The molecule has 44 heavy (non-hydrogen) atoms. The van der Waals surface area contributed by atoms with Crippen LogP contribution in [-0.2, 0) is 11.8 Å². The Morgan fingerprint density at radius 3 is 1.95 bits per heavy atom. The Bertz CT molecular complexity index is 1540. The highest BCUT2D eigenvalue weighted by Crippen LogP contribution is 2.54. The Morgan fingerprint density at radius 2 is 1.43 bits per heavy atom. The largest absolute Gasteiger partial charge is 0.435 e. The van der Waals surface area contributed by atoms with Gasteiger partial charge in [0.1, 0.15) is 0 Å². The topological polar surface area (TPSA) is 49.4 Å². The number of hydrogen-bond donors (Lipinski definition) is 1. The van der Waals surface area contributed by atoms with Crippen molar-refractivity contribution in [1.29, 1.82) is 0 Å². The predicted molar refractivity (Wildman–Crippen MR) is 136 cm³/mol. The number of carbonyl (C=O) groups is 2. The number of amides is 2. The van der Waals surface area contributed by atoms with Gasteiger partial charge in [0.25, 0.3) is 11.8 Å². The molecule has 0 saturated heterocycles. The second-order valence-electron chi connectivity index (χ2n) is 10.2. The van der Waals surface area contributed by atoms with Crippen LogP contribution in [-0.4, -0.2) is 30.7 Å². The molecule has 0 atom stereocenters. The van der Waals surface area contributed by atoms with Crippen LogP contribution in [0.15, 0.2) is 60.7 Å². The molecule has 3 aromatic rings. The second kappa shape index (κ2) is 11.4. The molecular weight excluding hydrogens is 617 g/mol. The van der Waals surface area contributed by atoms with Gasteiger partial charge in [0, 0.05) is 17.7 Å². The summed E-state index contributed by atoms with van der Waals surface area (Å²) in [5, 5.41) is 1.63. The molecule has 1 aliphatic rings. The van der Waals surface area contributed by atoms with Crippen LogP contribution in [0.1, 0.15) is 50.2 Å². The lowest BCUT2D eigenvalue weighted by Crippen LogP contribution is -2.50. The molecule has 1 aliphatic carbocycles. The number of benzene rings is 3. The minimum Gasteiger partial charge on any atom is -0.321 e. The Kier molecular flexibility index (Phi) is 8.48. The molecule has 0 unspecified atom stereocenters. The van der Waals surface area contributed by atoms with Crippen LogP contribution >= 0.6 is 0 Å². The summed E-state index contributed by atoms with van der Waals surface area (Å²) in [6.07, 6.45) is -17.6. The Labute approximate surface area is 242 Å². The Morgan fingerprint density at radius 1 is 0.841 bits per heavy atom. The van der Waals surface area contributed by atoms with E-state index in [1.165, 1.54) is 12.1 Å². The molecule has 0 spiro atoms. The first-order chi connectivity index (χ1) is 20.3. The maximum atomic E-state index is 15.7. The number of anilines is 2. The van der Waals surface area contributed by atoms with E-state index in [9.17, 15) is 53.5 Å². The van der Waals surface area contributed by atoms with Crippen LogP contribution in [0, 0.1) is 18.7 Å². The Balaban J connectivity index is 1.72. The second-order valence-corrected chi connectivity index (χ2v) is 10.2. The van der Waals surface area contributed by atoms with E-state index in [4.69, 9.17) is 0 Å². The fourth-order valence-corrected chi connectivity index (χ4v) is 4.38. The number of nitrogens with one attached hydrogen (secondary N) is 1. The van der Waals surface area contributed by atoms with Crippen LogP contribution < -0.4 is 10.2 Å². The zero-order valence-corrected chi connectivity index (χ0v) is 22.4. The van der Waals surface area contributed by atoms with Gasteiger partial charge >= 0.3 is 24.2 Å².